The second-order valence-electron chi connectivity index (χ2n) is 6.69. The van der Waals surface area contributed by atoms with Crippen LogP contribution in [0.25, 0.3) is 0 Å². The van der Waals surface area contributed by atoms with Crippen LogP contribution in [0.3, 0.4) is 0 Å². The molecule has 6 heteroatoms. The summed E-state index contributed by atoms with van der Waals surface area (Å²) in [6.07, 6.45) is 7.50. The molecule has 0 radical (unpaired) electrons. The Morgan fingerprint density at radius 2 is 1.79 bits per heavy atom. The summed E-state index contributed by atoms with van der Waals surface area (Å²) < 4.78 is 0. The number of aromatic nitrogens is 3. The molecular formula is C13H19N5O. The number of nitrogens with one attached hydrogen (secondary N) is 2. The Balaban J connectivity index is 1.54. The number of rotatable bonds is 2. The van der Waals surface area contributed by atoms with E-state index in [4.69, 9.17) is 5.73 Å². The molecule has 19 heavy (non-hydrogen) atoms. The van der Waals surface area contributed by atoms with Crippen LogP contribution < -0.4 is 11.1 Å². The molecule has 5 rings (SSSR count). The van der Waals surface area contributed by atoms with Gasteiger partial charge in [0.15, 0.2) is 0 Å². The molecule has 0 spiro atoms. The summed E-state index contributed by atoms with van der Waals surface area (Å²) in [5.41, 5.74) is 5.45. The second kappa shape index (κ2) is 3.71. The molecule has 0 aliphatic heterocycles. The molecule has 1 heterocycles. The fourth-order valence-electron chi connectivity index (χ4n) is 4.94. The van der Waals surface area contributed by atoms with Crippen LogP contribution in [0.1, 0.15) is 49.1 Å². The lowest BCUT2D eigenvalue weighted by Crippen LogP contribution is -2.59. The molecule has 1 aromatic rings. The molecule has 6 nitrogen and oxygen atoms in total. The zero-order chi connectivity index (χ0) is 13.0. The minimum absolute atomic E-state index is 0.00733. The van der Waals surface area contributed by atoms with Gasteiger partial charge in [-0.05, 0) is 56.3 Å². The minimum atomic E-state index is -0.161. The van der Waals surface area contributed by atoms with Gasteiger partial charge in [0.05, 0.1) is 0 Å². The van der Waals surface area contributed by atoms with Crippen molar-refractivity contribution in [2.75, 3.05) is 5.73 Å². The quantitative estimate of drug-likeness (QED) is 0.742. The van der Waals surface area contributed by atoms with Gasteiger partial charge in [0.1, 0.15) is 0 Å². The average molecular weight is 261 g/mol. The van der Waals surface area contributed by atoms with Crippen LogP contribution in [0.4, 0.5) is 5.95 Å². The number of carbonyl (C=O) groups is 1. The number of aromatic amines is 1. The van der Waals surface area contributed by atoms with Crippen molar-refractivity contribution >= 4 is 11.9 Å². The van der Waals surface area contributed by atoms with Crippen LogP contribution in [0.5, 0.6) is 0 Å². The molecule has 4 aliphatic carbocycles. The average Bonchev–Trinajstić information content (AvgIpc) is 2.73. The summed E-state index contributed by atoms with van der Waals surface area (Å²) in [4.78, 5) is 16.2. The lowest BCUT2D eigenvalue weighted by atomic mass is 9.53. The van der Waals surface area contributed by atoms with Gasteiger partial charge in [-0.1, -0.05) is 0 Å². The third-order valence-corrected chi connectivity index (χ3v) is 5.13. The van der Waals surface area contributed by atoms with Crippen molar-refractivity contribution in [3.8, 4) is 0 Å². The van der Waals surface area contributed by atoms with E-state index in [-0.39, 0.29) is 23.2 Å². The highest BCUT2D eigenvalue weighted by Gasteiger charge is 2.51. The van der Waals surface area contributed by atoms with Crippen LogP contribution in [0.2, 0.25) is 0 Å². The van der Waals surface area contributed by atoms with E-state index in [9.17, 15) is 4.79 Å². The first-order valence-corrected chi connectivity index (χ1v) is 7.12. The fourth-order valence-corrected chi connectivity index (χ4v) is 4.94. The van der Waals surface area contributed by atoms with E-state index in [1.165, 1.54) is 19.3 Å². The number of nitrogens with two attached hydrogens (primary N) is 1. The highest BCUT2D eigenvalue weighted by atomic mass is 16.2. The maximum Gasteiger partial charge on any atom is 0.289 e. The molecule has 4 N–H and O–H groups in total. The molecular weight excluding hydrogens is 242 g/mol. The van der Waals surface area contributed by atoms with Gasteiger partial charge in [-0.25, -0.2) is 0 Å². The van der Waals surface area contributed by atoms with E-state index in [2.05, 4.69) is 20.5 Å². The SMILES string of the molecule is Nc1n[nH]c(C(=O)NC23CC4CC(CC(C4)C2)C3)n1. The maximum absolute atomic E-state index is 12.2. The van der Waals surface area contributed by atoms with Crippen LogP contribution in [-0.4, -0.2) is 26.6 Å². The first-order valence-electron chi connectivity index (χ1n) is 7.12. The molecule has 1 amide bonds. The third-order valence-electron chi connectivity index (χ3n) is 5.13. The Hall–Kier alpha value is -1.59. The monoisotopic (exact) mass is 261 g/mol. The van der Waals surface area contributed by atoms with Crippen LogP contribution in [-0.2, 0) is 0 Å². The van der Waals surface area contributed by atoms with E-state index in [1.807, 2.05) is 0 Å². The van der Waals surface area contributed by atoms with E-state index in [1.54, 1.807) is 0 Å². The summed E-state index contributed by atoms with van der Waals surface area (Å²) in [5.74, 6) is 2.62. The van der Waals surface area contributed by atoms with Crippen molar-refractivity contribution in [3.63, 3.8) is 0 Å². The summed E-state index contributed by atoms with van der Waals surface area (Å²) in [6.45, 7) is 0. The van der Waals surface area contributed by atoms with E-state index >= 15 is 0 Å². The molecule has 4 aliphatic rings. The van der Waals surface area contributed by atoms with Crippen molar-refractivity contribution < 1.29 is 4.79 Å². The number of hydrogen-bond donors (Lipinski definition) is 3. The van der Waals surface area contributed by atoms with E-state index < -0.39 is 0 Å². The summed E-state index contributed by atoms with van der Waals surface area (Å²) in [5, 5.41) is 9.53. The predicted molar refractivity (Wildman–Crippen MR) is 69.2 cm³/mol. The normalized spacial score (nSPS) is 39.5. The lowest BCUT2D eigenvalue weighted by Gasteiger charge is -2.56. The van der Waals surface area contributed by atoms with Crippen molar-refractivity contribution in [1.82, 2.24) is 20.5 Å². The maximum atomic E-state index is 12.2. The second-order valence-corrected chi connectivity index (χ2v) is 6.69. The molecule has 4 saturated carbocycles. The zero-order valence-electron chi connectivity index (χ0n) is 10.9. The smallest absolute Gasteiger partial charge is 0.289 e. The molecule has 0 unspecified atom stereocenters. The number of anilines is 1. The Bertz CT molecular complexity index is 488. The minimum Gasteiger partial charge on any atom is -0.366 e. The summed E-state index contributed by atoms with van der Waals surface area (Å²) in [7, 11) is 0. The van der Waals surface area contributed by atoms with Crippen LogP contribution in [0, 0.1) is 17.8 Å². The molecule has 0 atom stereocenters. The fraction of sp³-hybridized carbons (Fsp3) is 0.769. The predicted octanol–water partition coefficient (Wildman–Crippen LogP) is 1.09. The molecule has 102 valence electrons. The van der Waals surface area contributed by atoms with Gasteiger partial charge in [0.25, 0.3) is 5.91 Å². The first-order chi connectivity index (χ1) is 9.12. The van der Waals surface area contributed by atoms with Crippen molar-refractivity contribution in [3.05, 3.63) is 5.82 Å². The Labute approximate surface area is 111 Å². The largest absolute Gasteiger partial charge is 0.366 e. The van der Waals surface area contributed by atoms with Crippen LogP contribution in [0.15, 0.2) is 0 Å². The Kier molecular flexibility index (Phi) is 2.20. The van der Waals surface area contributed by atoms with Gasteiger partial charge in [-0.2, -0.15) is 4.98 Å². The van der Waals surface area contributed by atoms with Gasteiger partial charge in [-0.15, -0.1) is 5.10 Å². The summed E-state index contributed by atoms with van der Waals surface area (Å²) >= 11 is 0. The Morgan fingerprint density at radius 1 is 1.21 bits per heavy atom. The van der Waals surface area contributed by atoms with E-state index in [0.29, 0.717) is 0 Å². The zero-order valence-corrected chi connectivity index (χ0v) is 10.9. The van der Waals surface area contributed by atoms with Gasteiger partial charge < -0.3 is 11.1 Å². The molecule has 1 aromatic heterocycles. The number of carbonyl (C=O) groups excluding carboxylic acids is 1. The molecule has 4 bridgehead atoms. The highest BCUT2D eigenvalue weighted by Crippen LogP contribution is 2.55. The standard InChI is InChI=1S/C13H19N5O/c14-12-15-10(17-18-12)11(19)16-13-4-7-1-8(5-13)3-9(2-7)6-13/h7-9H,1-6H2,(H,16,19)(H3,14,15,17,18). The lowest BCUT2D eigenvalue weighted by molar-refractivity contribution is -0.0168. The van der Waals surface area contributed by atoms with Gasteiger partial charge >= 0.3 is 0 Å². The van der Waals surface area contributed by atoms with Crippen molar-refractivity contribution in [2.24, 2.45) is 17.8 Å². The first kappa shape index (κ1) is 11.3. The van der Waals surface area contributed by atoms with Crippen molar-refractivity contribution in [1.29, 1.82) is 0 Å². The van der Waals surface area contributed by atoms with Crippen LogP contribution >= 0.6 is 0 Å². The number of nitrogen functional groups attached to an aromatic ring is 1. The molecule has 0 aromatic carbocycles. The molecule has 4 fully saturated rings. The summed E-state index contributed by atoms with van der Waals surface area (Å²) in [6, 6.07) is 0. The number of amides is 1. The number of nitrogens with zero attached hydrogens (tertiary/aromatic N) is 2. The van der Waals surface area contributed by atoms with Gasteiger partial charge in [-0.3, -0.25) is 9.89 Å². The van der Waals surface area contributed by atoms with Gasteiger partial charge in [0, 0.05) is 5.54 Å². The highest BCUT2D eigenvalue weighted by molar-refractivity contribution is 5.91. The Morgan fingerprint density at radius 3 is 2.26 bits per heavy atom. The van der Waals surface area contributed by atoms with E-state index in [0.717, 1.165) is 37.0 Å². The molecule has 0 saturated heterocycles. The number of H-pyrrole nitrogens is 1. The number of hydrogen-bond acceptors (Lipinski definition) is 4. The van der Waals surface area contributed by atoms with Gasteiger partial charge in [0.2, 0.25) is 11.8 Å². The van der Waals surface area contributed by atoms with Crippen molar-refractivity contribution in [2.45, 2.75) is 44.1 Å². The topological polar surface area (TPSA) is 96.7 Å². The third kappa shape index (κ3) is 1.81.